The number of aryl methyl sites for hydroxylation is 2. The zero-order valence-corrected chi connectivity index (χ0v) is 27.1. The molecular weight excluding hydrogens is 576 g/mol. The summed E-state index contributed by atoms with van der Waals surface area (Å²) in [6, 6.07) is 14.5. The lowest BCUT2D eigenvalue weighted by molar-refractivity contribution is 0.0342. The van der Waals surface area contributed by atoms with E-state index in [9.17, 15) is 18.0 Å². The van der Waals surface area contributed by atoms with Crippen LogP contribution in [0.2, 0.25) is 0 Å². The van der Waals surface area contributed by atoms with Crippen LogP contribution in [-0.4, -0.2) is 74.6 Å². The zero-order valence-electron chi connectivity index (χ0n) is 26.2. The van der Waals surface area contributed by atoms with Gasteiger partial charge >= 0.3 is 0 Å². The maximum Gasteiger partial charge on any atom is 0.253 e. The van der Waals surface area contributed by atoms with E-state index in [2.05, 4.69) is 57.4 Å². The number of nitrogens with one attached hydrogen (secondary N) is 2. The van der Waals surface area contributed by atoms with E-state index in [0.717, 1.165) is 66.5 Å². The molecule has 0 bridgehead atoms. The van der Waals surface area contributed by atoms with E-state index in [0.29, 0.717) is 30.5 Å². The summed E-state index contributed by atoms with van der Waals surface area (Å²) in [7, 11) is -3.01. The maximum atomic E-state index is 13.8. The van der Waals surface area contributed by atoms with E-state index in [-0.39, 0.29) is 35.6 Å². The van der Waals surface area contributed by atoms with Gasteiger partial charge in [0.25, 0.3) is 11.5 Å². The van der Waals surface area contributed by atoms with Crippen LogP contribution in [0.15, 0.2) is 47.3 Å². The molecule has 0 radical (unpaired) electrons. The lowest BCUT2D eigenvalue weighted by atomic mass is 9.95. The molecule has 2 aliphatic rings. The zero-order chi connectivity index (χ0) is 31.4. The summed E-state index contributed by atoms with van der Waals surface area (Å²) >= 11 is 0. The Morgan fingerprint density at radius 3 is 2.34 bits per heavy atom. The number of amides is 1. The third-order valence-electron chi connectivity index (χ3n) is 8.96. The summed E-state index contributed by atoms with van der Waals surface area (Å²) in [5, 5.41) is 2.99. The molecule has 0 unspecified atom stereocenters. The highest BCUT2D eigenvalue weighted by Crippen LogP contribution is 2.34. The second-order valence-electron chi connectivity index (χ2n) is 12.0. The molecule has 9 nitrogen and oxygen atoms in total. The Bertz CT molecular complexity index is 1650. The van der Waals surface area contributed by atoms with Crippen LogP contribution in [-0.2, 0) is 27.7 Å². The van der Waals surface area contributed by atoms with Gasteiger partial charge in [0.15, 0.2) is 0 Å². The molecule has 0 atom stereocenters. The number of sulfone groups is 1. The van der Waals surface area contributed by atoms with Crippen molar-refractivity contribution in [3.8, 4) is 11.1 Å². The third-order valence-corrected chi connectivity index (χ3v) is 10.7. The van der Waals surface area contributed by atoms with Gasteiger partial charge in [-0.05, 0) is 86.6 Å². The van der Waals surface area contributed by atoms with Gasteiger partial charge in [-0.2, -0.15) is 0 Å². The molecule has 236 valence electrons. The number of benzene rings is 2. The number of carbonyl (C=O) groups is 1. The number of H-pyrrole nitrogens is 1. The van der Waals surface area contributed by atoms with Gasteiger partial charge in [-0.15, -0.1) is 0 Å². The predicted octanol–water partition coefficient (Wildman–Crippen LogP) is 4.13. The first-order valence-corrected chi connectivity index (χ1v) is 17.4. The topological polar surface area (TPSA) is 112 Å². The molecule has 1 aromatic heterocycles. The van der Waals surface area contributed by atoms with Crippen LogP contribution in [0, 0.1) is 20.8 Å². The molecule has 10 heteroatoms. The van der Waals surface area contributed by atoms with E-state index >= 15 is 0 Å². The van der Waals surface area contributed by atoms with Gasteiger partial charge in [0.1, 0.15) is 9.84 Å². The van der Waals surface area contributed by atoms with Crippen LogP contribution in [0.25, 0.3) is 11.1 Å². The number of ether oxygens (including phenoxy) is 1. The van der Waals surface area contributed by atoms with E-state index in [4.69, 9.17) is 4.74 Å². The van der Waals surface area contributed by atoms with Crippen molar-refractivity contribution in [2.24, 2.45) is 0 Å². The van der Waals surface area contributed by atoms with Gasteiger partial charge in [-0.3, -0.25) is 14.5 Å². The van der Waals surface area contributed by atoms with Crippen molar-refractivity contribution < 1.29 is 17.9 Å². The van der Waals surface area contributed by atoms with Gasteiger partial charge in [-0.25, -0.2) is 8.42 Å². The Balaban J connectivity index is 1.47. The van der Waals surface area contributed by atoms with Crippen LogP contribution >= 0.6 is 0 Å². The Morgan fingerprint density at radius 1 is 1.02 bits per heavy atom. The molecule has 2 N–H and O–H groups in total. The second kappa shape index (κ2) is 13.7. The molecule has 2 aromatic carbocycles. The largest absolute Gasteiger partial charge is 0.379 e. The summed E-state index contributed by atoms with van der Waals surface area (Å²) in [4.78, 5) is 33.8. The molecule has 2 fully saturated rings. The fourth-order valence-corrected chi connectivity index (χ4v) is 7.87. The van der Waals surface area contributed by atoms with Crippen molar-refractivity contribution >= 4 is 21.4 Å². The van der Waals surface area contributed by atoms with E-state index < -0.39 is 9.84 Å². The van der Waals surface area contributed by atoms with Gasteiger partial charge < -0.3 is 19.9 Å². The Hall–Kier alpha value is -3.47. The molecular formula is C34H44N4O5S. The number of pyridine rings is 1. The highest BCUT2D eigenvalue weighted by Gasteiger charge is 2.29. The number of aromatic amines is 1. The average Bonchev–Trinajstić information content (AvgIpc) is 2.99. The molecule has 3 aromatic rings. The van der Waals surface area contributed by atoms with Crippen molar-refractivity contribution in [3.05, 3.63) is 86.3 Å². The molecule has 5 rings (SSSR count). The lowest BCUT2D eigenvalue weighted by Crippen LogP contribution is -2.42. The number of rotatable bonds is 9. The SMILES string of the molecule is CCN(c1cc(-c2ccc(CN3CCOCC3)cc2)cc(C(=O)NCc2c(C)cc(C)[nH]c2=O)c1C)C1CCS(=O)(=O)CC1. The number of hydrogen-bond acceptors (Lipinski definition) is 7. The van der Waals surface area contributed by atoms with Gasteiger partial charge in [-0.1, -0.05) is 24.3 Å². The number of aromatic nitrogens is 1. The van der Waals surface area contributed by atoms with Gasteiger partial charge in [0.05, 0.1) is 24.7 Å². The fourth-order valence-electron chi connectivity index (χ4n) is 6.40. The number of hydrogen-bond donors (Lipinski definition) is 2. The minimum atomic E-state index is -3.01. The Labute approximate surface area is 260 Å². The molecule has 0 spiro atoms. The van der Waals surface area contributed by atoms with Crippen molar-refractivity contribution in [1.29, 1.82) is 0 Å². The number of nitrogens with zero attached hydrogens (tertiary/aromatic N) is 2. The molecule has 1 amide bonds. The van der Waals surface area contributed by atoms with Crippen molar-refractivity contribution in [3.63, 3.8) is 0 Å². The number of anilines is 1. The standard InChI is InChI=1S/C34H44N4O5S/c1-5-38(29-10-16-44(41,42)17-11-29)32-20-28(27-8-6-26(7-9-27)22-37-12-14-43-15-13-37)19-30(25(32)4)33(39)35-21-31-23(2)18-24(3)36-34(31)40/h6-9,18-20,29H,5,10-17,21-22H2,1-4H3,(H,35,39)(H,36,40). The minimum absolute atomic E-state index is 0.0676. The van der Waals surface area contributed by atoms with E-state index in [1.165, 1.54) is 5.56 Å². The average molecular weight is 621 g/mol. The van der Waals surface area contributed by atoms with Crippen LogP contribution in [0.5, 0.6) is 0 Å². The second-order valence-corrected chi connectivity index (χ2v) is 14.4. The monoisotopic (exact) mass is 620 g/mol. The van der Waals surface area contributed by atoms with Crippen molar-refractivity contribution in [2.75, 3.05) is 49.3 Å². The molecule has 3 heterocycles. The number of carbonyl (C=O) groups excluding carboxylic acids is 1. The summed E-state index contributed by atoms with van der Waals surface area (Å²) in [6.07, 6.45) is 1.13. The first-order valence-electron chi connectivity index (χ1n) is 15.5. The van der Waals surface area contributed by atoms with E-state index in [1.54, 1.807) is 0 Å². The third kappa shape index (κ3) is 7.42. The van der Waals surface area contributed by atoms with E-state index in [1.807, 2.05) is 32.9 Å². The summed E-state index contributed by atoms with van der Waals surface area (Å²) < 4.78 is 29.9. The van der Waals surface area contributed by atoms with Crippen molar-refractivity contribution in [2.45, 2.75) is 59.7 Å². The Kier molecular flexibility index (Phi) is 9.92. The van der Waals surface area contributed by atoms with Crippen LogP contribution in [0.3, 0.4) is 0 Å². The Morgan fingerprint density at radius 2 is 1.70 bits per heavy atom. The van der Waals surface area contributed by atoms with Gasteiger partial charge in [0.2, 0.25) is 0 Å². The molecule has 44 heavy (non-hydrogen) atoms. The quantitative estimate of drug-likeness (QED) is 0.370. The van der Waals surface area contributed by atoms with Crippen LogP contribution < -0.4 is 15.8 Å². The first-order chi connectivity index (χ1) is 21.0. The molecule has 0 aliphatic carbocycles. The fraction of sp³-hybridized carbons (Fsp3) is 0.471. The number of morpholine rings is 1. The van der Waals surface area contributed by atoms with Crippen LogP contribution in [0.4, 0.5) is 5.69 Å². The molecule has 2 saturated heterocycles. The minimum Gasteiger partial charge on any atom is -0.379 e. The normalized spacial score (nSPS) is 17.4. The molecule has 0 saturated carbocycles. The summed E-state index contributed by atoms with van der Waals surface area (Å²) in [6.45, 7) is 12.8. The van der Waals surface area contributed by atoms with Crippen molar-refractivity contribution in [1.82, 2.24) is 15.2 Å². The summed E-state index contributed by atoms with van der Waals surface area (Å²) in [5.41, 5.74) is 7.39. The summed E-state index contributed by atoms with van der Waals surface area (Å²) in [5.74, 6) is 0.0983. The smallest absolute Gasteiger partial charge is 0.253 e. The highest BCUT2D eigenvalue weighted by molar-refractivity contribution is 7.91. The highest BCUT2D eigenvalue weighted by atomic mass is 32.2. The van der Waals surface area contributed by atoms with Gasteiger partial charge in [0, 0.05) is 61.3 Å². The lowest BCUT2D eigenvalue weighted by Gasteiger charge is -2.37. The first kappa shape index (κ1) is 31.9. The molecule has 2 aliphatic heterocycles. The maximum absolute atomic E-state index is 13.8. The predicted molar refractivity (Wildman–Crippen MR) is 175 cm³/mol. The van der Waals surface area contributed by atoms with Crippen LogP contribution in [0.1, 0.15) is 58.1 Å².